The molecule has 1 saturated carbocycles. The number of nitrogens with one attached hydrogen (secondary N) is 1. The van der Waals surface area contributed by atoms with Gasteiger partial charge >= 0.3 is 0 Å². The van der Waals surface area contributed by atoms with Gasteiger partial charge in [-0.15, -0.1) is 0 Å². The molecule has 124 valence electrons. The molecular weight excluding hydrogens is 278 g/mol. The highest BCUT2D eigenvalue weighted by atomic mass is 16.5. The smallest absolute Gasteiger partial charge is 0.220 e. The van der Waals surface area contributed by atoms with Crippen LogP contribution in [-0.2, 0) is 11.2 Å². The van der Waals surface area contributed by atoms with Crippen molar-refractivity contribution in [2.24, 2.45) is 11.1 Å². The zero-order valence-corrected chi connectivity index (χ0v) is 14.1. The first-order chi connectivity index (χ1) is 10.5. The van der Waals surface area contributed by atoms with E-state index < -0.39 is 0 Å². The summed E-state index contributed by atoms with van der Waals surface area (Å²) >= 11 is 0. The maximum absolute atomic E-state index is 12.4. The topological polar surface area (TPSA) is 81.2 Å². The fraction of sp³-hybridized carbons (Fsp3) is 0.765. The van der Waals surface area contributed by atoms with Crippen LogP contribution >= 0.6 is 0 Å². The van der Waals surface area contributed by atoms with Crippen LogP contribution < -0.4 is 11.1 Å². The number of nitrogens with two attached hydrogens (primary N) is 1. The Morgan fingerprint density at radius 1 is 1.36 bits per heavy atom. The molecule has 0 bridgehead atoms. The molecule has 1 amide bonds. The van der Waals surface area contributed by atoms with E-state index in [1.165, 1.54) is 19.3 Å². The van der Waals surface area contributed by atoms with E-state index in [2.05, 4.69) is 10.5 Å². The number of nitrogens with zero attached hydrogens (tertiary/aromatic N) is 1. The molecule has 22 heavy (non-hydrogen) atoms. The molecule has 1 unspecified atom stereocenters. The molecule has 0 radical (unpaired) electrons. The van der Waals surface area contributed by atoms with E-state index in [9.17, 15) is 4.79 Å². The van der Waals surface area contributed by atoms with Crippen molar-refractivity contribution < 1.29 is 9.32 Å². The SMILES string of the molecule is Cc1noc(C)c1CC(C)NC(=O)CC1(CN)CCCCC1. The highest BCUT2D eigenvalue weighted by Gasteiger charge is 2.33. The molecule has 1 heterocycles. The average molecular weight is 307 g/mol. The Balaban J connectivity index is 1.88. The number of carbonyl (C=O) groups is 1. The number of rotatable bonds is 6. The highest BCUT2D eigenvalue weighted by Crippen LogP contribution is 2.38. The van der Waals surface area contributed by atoms with Gasteiger partial charge in [0.2, 0.25) is 5.91 Å². The van der Waals surface area contributed by atoms with Gasteiger partial charge in [-0.3, -0.25) is 4.79 Å². The number of aromatic nitrogens is 1. The third-order valence-electron chi connectivity index (χ3n) is 4.98. The third kappa shape index (κ3) is 4.09. The van der Waals surface area contributed by atoms with Gasteiger partial charge in [-0.05, 0) is 52.0 Å². The predicted molar refractivity (Wildman–Crippen MR) is 86.5 cm³/mol. The summed E-state index contributed by atoms with van der Waals surface area (Å²) in [4.78, 5) is 12.4. The summed E-state index contributed by atoms with van der Waals surface area (Å²) in [7, 11) is 0. The van der Waals surface area contributed by atoms with E-state index in [0.717, 1.165) is 36.3 Å². The Labute approximate surface area is 133 Å². The van der Waals surface area contributed by atoms with Gasteiger partial charge < -0.3 is 15.6 Å². The molecular formula is C17H29N3O2. The highest BCUT2D eigenvalue weighted by molar-refractivity contribution is 5.77. The lowest BCUT2D eigenvalue weighted by Gasteiger charge is -2.36. The van der Waals surface area contributed by atoms with E-state index in [1.807, 2.05) is 20.8 Å². The minimum Gasteiger partial charge on any atom is -0.361 e. The standard InChI is InChI=1S/C17H29N3O2/c1-12(9-15-13(2)20-22-14(15)3)19-16(21)10-17(11-18)7-5-4-6-8-17/h12H,4-11,18H2,1-3H3,(H,19,21). The van der Waals surface area contributed by atoms with E-state index >= 15 is 0 Å². The third-order valence-corrected chi connectivity index (χ3v) is 4.98. The molecule has 1 atom stereocenters. The second-order valence-electron chi connectivity index (χ2n) is 6.92. The minimum atomic E-state index is 0.0189. The van der Waals surface area contributed by atoms with E-state index in [4.69, 9.17) is 10.3 Å². The lowest BCUT2D eigenvalue weighted by atomic mass is 9.71. The summed E-state index contributed by atoms with van der Waals surface area (Å²) in [6.45, 7) is 6.49. The van der Waals surface area contributed by atoms with Crippen LogP contribution in [0.2, 0.25) is 0 Å². The molecule has 1 aromatic rings. The fourth-order valence-corrected chi connectivity index (χ4v) is 3.57. The maximum atomic E-state index is 12.4. The molecule has 0 aliphatic heterocycles. The van der Waals surface area contributed by atoms with Crippen LogP contribution in [0, 0.1) is 19.3 Å². The lowest BCUT2D eigenvalue weighted by Crippen LogP contribution is -2.41. The summed E-state index contributed by atoms with van der Waals surface area (Å²) in [6.07, 6.45) is 7.12. The van der Waals surface area contributed by atoms with Crippen molar-refractivity contribution in [2.45, 2.75) is 71.8 Å². The first-order valence-corrected chi connectivity index (χ1v) is 8.37. The summed E-state index contributed by atoms with van der Waals surface area (Å²) in [5, 5.41) is 7.08. The molecule has 2 rings (SSSR count). The van der Waals surface area contributed by atoms with E-state index in [-0.39, 0.29) is 17.4 Å². The molecule has 5 heteroatoms. The zero-order chi connectivity index (χ0) is 16.2. The largest absolute Gasteiger partial charge is 0.361 e. The van der Waals surface area contributed by atoms with E-state index in [1.54, 1.807) is 0 Å². The normalized spacial score (nSPS) is 18.9. The Morgan fingerprint density at radius 2 is 2.05 bits per heavy atom. The molecule has 5 nitrogen and oxygen atoms in total. The molecule has 0 aromatic carbocycles. The van der Waals surface area contributed by atoms with Gasteiger partial charge in [0.15, 0.2) is 0 Å². The summed E-state index contributed by atoms with van der Waals surface area (Å²) in [6, 6.07) is 0.0720. The monoisotopic (exact) mass is 307 g/mol. The summed E-state index contributed by atoms with van der Waals surface area (Å²) < 4.78 is 5.18. The van der Waals surface area contributed by atoms with Crippen LogP contribution in [0.5, 0.6) is 0 Å². The average Bonchev–Trinajstić information content (AvgIpc) is 2.80. The van der Waals surface area contributed by atoms with Crippen LogP contribution in [0.25, 0.3) is 0 Å². The molecule has 0 spiro atoms. The van der Waals surface area contributed by atoms with Crippen LogP contribution in [-0.4, -0.2) is 23.7 Å². The van der Waals surface area contributed by atoms with Gasteiger partial charge in [-0.2, -0.15) is 0 Å². The first-order valence-electron chi connectivity index (χ1n) is 8.37. The van der Waals surface area contributed by atoms with Crippen molar-refractivity contribution >= 4 is 5.91 Å². The van der Waals surface area contributed by atoms with Crippen molar-refractivity contribution in [1.82, 2.24) is 10.5 Å². The quantitative estimate of drug-likeness (QED) is 0.846. The van der Waals surface area contributed by atoms with Crippen molar-refractivity contribution in [3.8, 4) is 0 Å². The van der Waals surface area contributed by atoms with Crippen molar-refractivity contribution in [1.29, 1.82) is 0 Å². The van der Waals surface area contributed by atoms with Gasteiger partial charge in [0, 0.05) is 18.0 Å². The summed E-state index contributed by atoms with van der Waals surface area (Å²) in [5.74, 6) is 0.955. The minimum absolute atomic E-state index is 0.0189. The molecule has 1 aromatic heterocycles. The fourth-order valence-electron chi connectivity index (χ4n) is 3.57. The van der Waals surface area contributed by atoms with Crippen molar-refractivity contribution in [2.75, 3.05) is 6.54 Å². The molecule has 1 fully saturated rings. The van der Waals surface area contributed by atoms with Crippen LogP contribution in [0.1, 0.15) is 62.5 Å². The van der Waals surface area contributed by atoms with Gasteiger partial charge in [-0.25, -0.2) is 0 Å². The number of aryl methyl sites for hydroxylation is 2. The van der Waals surface area contributed by atoms with Crippen molar-refractivity contribution in [3.63, 3.8) is 0 Å². The van der Waals surface area contributed by atoms with Crippen LogP contribution in [0.15, 0.2) is 4.52 Å². The molecule has 1 aliphatic rings. The predicted octanol–water partition coefficient (Wildman–Crippen LogP) is 2.64. The number of hydrogen-bond acceptors (Lipinski definition) is 4. The second-order valence-corrected chi connectivity index (χ2v) is 6.92. The molecule has 0 saturated heterocycles. The number of amides is 1. The van der Waals surface area contributed by atoms with Gasteiger partial charge in [-0.1, -0.05) is 24.4 Å². The Kier molecular flexibility index (Phi) is 5.62. The number of carbonyl (C=O) groups excluding carboxylic acids is 1. The van der Waals surface area contributed by atoms with Crippen LogP contribution in [0.4, 0.5) is 0 Å². The molecule has 1 aliphatic carbocycles. The van der Waals surface area contributed by atoms with E-state index in [0.29, 0.717) is 13.0 Å². The van der Waals surface area contributed by atoms with Crippen LogP contribution in [0.3, 0.4) is 0 Å². The first kappa shape index (κ1) is 17.0. The summed E-state index contributed by atoms with van der Waals surface area (Å²) in [5.41, 5.74) is 7.99. The van der Waals surface area contributed by atoms with Gasteiger partial charge in [0.1, 0.15) is 5.76 Å². The number of hydrogen-bond donors (Lipinski definition) is 2. The Bertz CT molecular complexity index is 485. The zero-order valence-electron chi connectivity index (χ0n) is 14.1. The van der Waals surface area contributed by atoms with Gasteiger partial charge in [0.05, 0.1) is 5.69 Å². The van der Waals surface area contributed by atoms with Crippen molar-refractivity contribution in [3.05, 3.63) is 17.0 Å². The second kappa shape index (κ2) is 7.27. The Morgan fingerprint density at radius 3 is 2.59 bits per heavy atom. The molecule has 3 N–H and O–H groups in total. The Hall–Kier alpha value is -1.36. The van der Waals surface area contributed by atoms with Gasteiger partial charge in [0.25, 0.3) is 0 Å². The lowest BCUT2D eigenvalue weighted by molar-refractivity contribution is -0.124. The maximum Gasteiger partial charge on any atom is 0.220 e.